The predicted octanol–water partition coefficient (Wildman–Crippen LogP) is 1.24. The van der Waals surface area contributed by atoms with E-state index in [1.54, 1.807) is 6.07 Å². The summed E-state index contributed by atoms with van der Waals surface area (Å²) in [6, 6.07) is 7.51. The summed E-state index contributed by atoms with van der Waals surface area (Å²) in [5.41, 5.74) is 3.16. The van der Waals surface area contributed by atoms with E-state index in [1.165, 1.54) is 10.6 Å². The third-order valence-corrected chi connectivity index (χ3v) is 5.74. The van der Waals surface area contributed by atoms with Crippen molar-refractivity contribution in [2.75, 3.05) is 32.5 Å². The second-order valence-corrected chi connectivity index (χ2v) is 8.59. The number of nitrogens with zero attached hydrogens (tertiary/aromatic N) is 2. The number of sulfonamides is 1. The van der Waals surface area contributed by atoms with E-state index in [2.05, 4.69) is 10.3 Å². The number of amides is 1. The monoisotopic (exact) mass is 377 g/mol. The quantitative estimate of drug-likeness (QED) is 0.866. The van der Waals surface area contributed by atoms with Gasteiger partial charge in [-0.15, -0.1) is 0 Å². The molecule has 1 aliphatic rings. The number of pyridine rings is 1. The number of rotatable bonds is 4. The number of morpholine rings is 1. The van der Waals surface area contributed by atoms with Gasteiger partial charge in [0.05, 0.1) is 30.0 Å². The molecule has 140 valence electrons. The molecule has 0 unspecified atom stereocenters. The highest BCUT2D eigenvalue weighted by Gasteiger charge is 2.27. The van der Waals surface area contributed by atoms with Crippen LogP contribution in [0.4, 0.5) is 0 Å². The molecule has 0 spiro atoms. The fourth-order valence-corrected chi connectivity index (χ4v) is 3.97. The molecule has 7 nitrogen and oxygen atoms in total. The molecule has 26 heavy (non-hydrogen) atoms. The fraction of sp³-hybridized carbons (Fsp3) is 0.444. The van der Waals surface area contributed by atoms with Crippen LogP contribution in [0.1, 0.15) is 21.6 Å². The van der Waals surface area contributed by atoms with E-state index in [4.69, 9.17) is 4.74 Å². The zero-order chi connectivity index (χ0) is 18.9. The minimum absolute atomic E-state index is 0.217. The van der Waals surface area contributed by atoms with Crippen molar-refractivity contribution in [1.29, 1.82) is 0 Å². The van der Waals surface area contributed by atoms with Gasteiger partial charge in [0.2, 0.25) is 10.0 Å². The summed E-state index contributed by atoms with van der Waals surface area (Å²) >= 11 is 0. The first-order valence-electron chi connectivity index (χ1n) is 8.47. The molecule has 1 aliphatic heterocycles. The zero-order valence-corrected chi connectivity index (χ0v) is 16.0. The van der Waals surface area contributed by atoms with Crippen molar-refractivity contribution in [3.05, 3.63) is 41.1 Å². The third kappa shape index (κ3) is 4.03. The van der Waals surface area contributed by atoms with Crippen molar-refractivity contribution >= 4 is 26.8 Å². The Labute approximate surface area is 153 Å². The molecule has 1 amide bonds. The molecule has 0 radical (unpaired) electrons. The van der Waals surface area contributed by atoms with Crippen molar-refractivity contribution in [3.8, 4) is 0 Å². The van der Waals surface area contributed by atoms with Gasteiger partial charge in [-0.25, -0.2) is 8.42 Å². The van der Waals surface area contributed by atoms with E-state index in [0.29, 0.717) is 18.7 Å². The van der Waals surface area contributed by atoms with Gasteiger partial charge in [-0.1, -0.05) is 18.2 Å². The molecule has 2 heterocycles. The number of nitrogens with one attached hydrogen (secondary N) is 1. The SMILES string of the molecule is Cc1cc(C(=O)NC[C@@H]2CN(S(C)(=O)=O)CCO2)c2cccc(C)c2n1. The maximum absolute atomic E-state index is 12.7. The lowest BCUT2D eigenvalue weighted by Gasteiger charge is -2.31. The topological polar surface area (TPSA) is 88.6 Å². The summed E-state index contributed by atoms with van der Waals surface area (Å²) in [5, 5.41) is 3.67. The Kier molecular flexibility index (Phi) is 5.27. The van der Waals surface area contributed by atoms with Crippen molar-refractivity contribution in [2.45, 2.75) is 20.0 Å². The smallest absolute Gasteiger partial charge is 0.252 e. The number of benzene rings is 1. The molecule has 0 aliphatic carbocycles. The average molecular weight is 377 g/mol. The summed E-state index contributed by atoms with van der Waals surface area (Å²) in [4.78, 5) is 17.2. The lowest BCUT2D eigenvalue weighted by molar-refractivity contribution is 0.000447. The molecule has 1 fully saturated rings. The average Bonchev–Trinajstić information content (AvgIpc) is 2.59. The first-order valence-corrected chi connectivity index (χ1v) is 10.3. The van der Waals surface area contributed by atoms with Gasteiger partial charge < -0.3 is 10.1 Å². The van der Waals surface area contributed by atoms with Crippen LogP contribution in [-0.4, -0.2) is 62.2 Å². The van der Waals surface area contributed by atoms with Crippen LogP contribution in [0.5, 0.6) is 0 Å². The normalized spacial score (nSPS) is 18.8. The molecule has 1 aromatic carbocycles. The summed E-state index contributed by atoms with van der Waals surface area (Å²) < 4.78 is 30.3. The molecule has 3 rings (SSSR count). The molecular weight excluding hydrogens is 354 g/mol. The van der Waals surface area contributed by atoms with Crippen molar-refractivity contribution in [1.82, 2.24) is 14.6 Å². The number of para-hydroxylation sites is 1. The highest BCUT2D eigenvalue weighted by molar-refractivity contribution is 7.88. The number of carbonyl (C=O) groups excluding carboxylic acids is 1. The van der Waals surface area contributed by atoms with Crippen LogP contribution >= 0.6 is 0 Å². The number of ether oxygens (including phenoxy) is 1. The van der Waals surface area contributed by atoms with E-state index in [-0.39, 0.29) is 25.1 Å². The second kappa shape index (κ2) is 7.30. The van der Waals surface area contributed by atoms with Crippen LogP contribution in [0.25, 0.3) is 10.9 Å². The Morgan fingerprint density at radius 3 is 2.88 bits per heavy atom. The van der Waals surface area contributed by atoms with Gasteiger partial charge in [-0.05, 0) is 25.5 Å². The Morgan fingerprint density at radius 1 is 1.38 bits per heavy atom. The summed E-state index contributed by atoms with van der Waals surface area (Å²) in [6.45, 7) is 4.98. The Balaban J connectivity index is 1.75. The van der Waals surface area contributed by atoms with Crippen LogP contribution in [0.3, 0.4) is 0 Å². The number of hydrogen-bond acceptors (Lipinski definition) is 5. The maximum atomic E-state index is 12.7. The second-order valence-electron chi connectivity index (χ2n) is 6.61. The summed E-state index contributed by atoms with van der Waals surface area (Å²) in [5.74, 6) is -0.217. The molecule has 2 aromatic rings. The Hall–Kier alpha value is -2.03. The molecule has 0 bridgehead atoms. The standard InChI is InChI=1S/C18H23N3O4S/c1-12-5-4-6-15-16(9-13(2)20-17(12)15)18(22)19-10-14-11-21(7-8-25-14)26(3,23)24/h4-6,9,14H,7-8,10-11H2,1-3H3,(H,19,22)/t14-/m1/s1. The van der Waals surface area contributed by atoms with Gasteiger partial charge in [0.25, 0.3) is 5.91 Å². The number of carbonyl (C=O) groups is 1. The van der Waals surface area contributed by atoms with E-state index in [9.17, 15) is 13.2 Å². The van der Waals surface area contributed by atoms with Gasteiger partial charge in [-0.2, -0.15) is 4.31 Å². The van der Waals surface area contributed by atoms with E-state index in [1.807, 2.05) is 32.0 Å². The number of aromatic nitrogens is 1. The van der Waals surface area contributed by atoms with E-state index >= 15 is 0 Å². The largest absolute Gasteiger partial charge is 0.374 e. The van der Waals surface area contributed by atoms with Crippen molar-refractivity contribution in [2.24, 2.45) is 0 Å². The number of hydrogen-bond donors (Lipinski definition) is 1. The minimum atomic E-state index is -3.26. The van der Waals surface area contributed by atoms with Crippen LogP contribution in [0, 0.1) is 13.8 Å². The molecular formula is C18H23N3O4S. The maximum Gasteiger partial charge on any atom is 0.252 e. The molecule has 0 saturated carbocycles. The number of fused-ring (bicyclic) bond motifs is 1. The first kappa shape index (κ1) is 18.8. The third-order valence-electron chi connectivity index (χ3n) is 4.47. The lowest BCUT2D eigenvalue weighted by atomic mass is 10.0. The molecule has 1 aromatic heterocycles. The molecule has 1 saturated heterocycles. The molecule has 1 N–H and O–H groups in total. The highest BCUT2D eigenvalue weighted by atomic mass is 32.2. The zero-order valence-electron chi connectivity index (χ0n) is 15.2. The summed E-state index contributed by atoms with van der Waals surface area (Å²) in [7, 11) is -3.26. The molecule has 8 heteroatoms. The lowest BCUT2D eigenvalue weighted by Crippen LogP contribution is -2.49. The van der Waals surface area contributed by atoms with Gasteiger partial charge in [0, 0.05) is 30.7 Å². The Morgan fingerprint density at radius 2 is 2.15 bits per heavy atom. The van der Waals surface area contributed by atoms with Crippen LogP contribution in [0.15, 0.2) is 24.3 Å². The van der Waals surface area contributed by atoms with Crippen molar-refractivity contribution in [3.63, 3.8) is 0 Å². The van der Waals surface area contributed by atoms with E-state index in [0.717, 1.165) is 22.2 Å². The Bertz CT molecular complexity index is 943. The van der Waals surface area contributed by atoms with Crippen LogP contribution in [0.2, 0.25) is 0 Å². The van der Waals surface area contributed by atoms with Gasteiger partial charge in [0.15, 0.2) is 0 Å². The van der Waals surface area contributed by atoms with Crippen LogP contribution in [-0.2, 0) is 14.8 Å². The minimum Gasteiger partial charge on any atom is -0.374 e. The van der Waals surface area contributed by atoms with Gasteiger partial charge in [-0.3, -0.25) is 9.78 Å². The van der Waals surface area contributed by atoms with E-state index < -0.39 is 10.0 Å². The number of aryl methyl sites for hydroxylation is 2. The predicted molar refractivity (Wildman–Crippen MR) is 99.7 cm³/mol. The highest BCUT2D eigenvalue weighted by Crippen LogP contribution is 2.21. The van der Waals surface area contributed by atoms with Gasteiger partial charge >= 0.3 is 0 Å². The fourth-order valence-electron chi connectivity index (χ4n) is 3.13. The van der Waals surface area contributed by atoms with Crippen LogP contribution < -0.4 is 5.32 Å². The first-order chi connectivity index (χ1) is 12.3. The van der Waals surface area contributed by atoms with Gasteiger partial charge in [0.1, 0.15) is 0 Å². The van der Waals surface area contributed by atoms with Crippen molar-refractivity contribution < 1.29 is 17.9 Å². The molecule has 1 atom stereocenters. The summed E-state index contributed by atoms with van der Waals surface area (Å²) in [6.07, 6.45) is 0.820.